The van der Waals surface area contributed by atoms with E-state index in [1.807, 2.05) is 97.9 Å². The topological polar surface area (TPSA) is 66.4 Å². The van der Waals surface area contributed by atoms with E-state index in [2.05, 4.69) is 5.32 Å². The van der Waals surface area contributed by atoms with Gasteiger partial charge in [0.2, 0.25) is 0 Å². The Morgan fingerprint density at radius 2 is 1.15 bits per heavy atom. The van der Waals surface area contributed by atoms with Crippen molar-refractivity contribution in [2.45, 2.75) is 13.0 Å². The number of nitrogens with one attached hydrogen (secondary N) is 1. The van der Waals surface area contributed by atoms with E-state index < -0.39 is 5.97 Å². The minimum absolute atomic E-state index is 0.167. The van der Waals surface area contributed by atoms with Crippen LogP contribution in [0.3, 0.4) is 0 Å². The number of rotatable bonds is 5. The molecular formula is C30H23NO3. The number of carbonyl (C=O) groups excluding carboxylic acids is 1. The average molecular weight is 446 g/mol. The van der Waals surface area contributed by atoms with Gasteiger partial charge in [-0.25, -0.2) is 4.79 Å². The molecule has 4 heteroatoms. The summed E-state index contributed by atoms with van der Waals surface area (Å²) < 4.78 is 0. The van der Waals surface area contributed by atoms with Crippen molar-refractivity contribution in [3.8, 4) is 11.1 Å². The van der Waals surface area contributed by atoms with Gasteiger partial charge in [-0.3, -0.25) is 4.79 Å². The predicted molar refractivity (Wildman–Crippen MR) is 136 cm³/mol. The molecule has 5 aromatic carbocycles. The first-order valence-electron chi connectivity index (χ1n) is 11.2. The van der Waals surface area contributed by atoms with Crippen molar-refractivity contribution in [2.24, 2.45) is 0 Å². The Labute approximate surface area is 197 Å². The summed E-state index contributed by atoms with van der Waals surface area (Å²) in [7, 11) is 0. The summed E-state index contributed by atoms with van der Waals surface area (Å²) in [5.74, 6) is -1.28. The minimum atomic E-state index is -1.03. The van der Waals surface area contributed by atoms with Gasteiger partial charge >= 0.3 is 5.97 Å². The van der Waals surface area contributed by atoms with Gasteiger partial charge in [-0.1, -0.05) is 91.0 Å². The first-order valence-corrected chi connectivity index (χ1v) is 11.2. The van der Waals surface area contributed by atoms with Crippen molar-refractivity contribution >= 4 is 33.4 Å². The van der Waals surface area contributed by atoms with E-state index in [4.69, 9.17) is 0 Å². The molecule has 0 spiro atoms. The quantitative estimate of drug-likeness (QED) is 0.311. The number of carbonyl (C=O) groups is 2. The van der Waals surface area contributed by atoms with Crippen LogP contribution in [0.15, 0.2) is 103 Å². The first-order chi connectivity index (χ1) is 16.5. The third kappa shape index (κ3) is 3.80. The number of hydrogen-bond acceptors (Lipinski definition) is 2. The van der Waals surface area contributed by atoms with Gasteiger partial charge in [0.25, 0.3) is 5.91 Å². The van der Waals surface area contributed by atoms with E-state index in [1.165, 1.54) is 0 Å². The van der Waals surface area contributed by atoms with Crippen LogP contribution in [0, 0.1) is 0 Å². The van der Waals surface area contributed by atoms with Crippen molar-refractivity contribution in [3.63, 3.8) is 0 Å². The number of amides is 1. The molecule has 0 heterocycles. The highest BCUT2D eigenvalue weighted by molar-refractivity contribution is 6.18. The molecule has 0 saturated heterocycles. The van der Waals surface area contributed by atoms with Gasteiger partial charge in [-0.15, -0.1) is 0 Å². The Morgan fingerprint density at radius 1 is 0.647 bits per heavy atom. The Bertz CT molecular complexity index is 1540. The summed E-state index contributed by atoms with van der Waals surface area (Å²) >= 11 is 0. The molecule has 34 heavy (non-hydrogen) atoms. The van der Waals surface area contributed by atoms with E-state index >= 15 is 0 Å². The van der Waals surface area contributed by atoms with E-state index in [0.29, 0.717) is 16.7 Å². The number of fused-ring (bicyclic) bond motifs is 2. The van der Waals surface area contributed by atoms with Crippen LogP contribution in [0.4, 0.5) is 0 Å². The molecule has 4 nitrogen and oxygen atoms in total. The first kappa shape index (κ1) is 21.4. The highest BCUT2D eigenvalue weighted by atomic mass is 16.4. The third-order valence-electron chi connectivity index (χ3n) is 6.23. The molecule has 0 aliphatic heterocycles. The summed E-state index contributed by atoms with van der Waals surface area (Å²) in [5.41, 5.74) is 2.79. The average Bonchev–Trinajstić information content (AvgIpc) is 2.87. The van der Waals surface area contributed by atoms with Gasteiger partial charge in [0.15, 0.2) is 0 Å². The highest BCUT2D eigenvalue weighted by Gasteiger charge is 2.23. The number of benzene rings is 5. The molecule has 0 aliphatic rings. The van der Waals surface area contributed by atoms with Crippen molar-refractivity contribution in [1.82, 2.24) is 5.32 Å². The molecule has 0 bridgehead atoms. The molecule has 0 aliphatic carbocycles. The SMILES string of the molecule is C[C@H](NC(=O)c1ccc2ccccc2c1-c1c(C(=O)O)ccc2ccccc12)c1ccccc1. The standard InChI is InChI=1S/C30H23NO3/c1-19(20-9-3-2-4-10-20)31-29(32)25-17-15-21-11-5-7-13-23(21)27(25)28-24-14-8-6-12-22(24)16-18-26(28)30(33)34/h2-19H,1H3,(H,31,32)(H,33,34)/t19-/m0/s1. The maximum absolute atomic E-state index is 13.6. The van der Waals surface area contributed by atoms with Gasteiger partial charge in [0, 0.05) is 16.7 Å². The van der Waals surface area contributed by atoms with Crippen molar-refractivity contribution in [2.75, 3.05) is 0 Å². The molecular weight excluding hydrogens is 422 g/mol. The summed E-state index contributed by atoms with van der Waals surface area (Å²) in [4.78, 5) is 25.9. The lowest BCUT2D eigenvalue weighted by Gasteiger charge is -2.20. The van der Waals surface area contributed by atoms with Crippen LogP contribution in [-0.4, -0.2) is 17.0 Å². The van der Waals surface area contributed by atoms with E-state index in [9.17, 15) is 14.7 Å². The lowest BCUT2D eigenvalue weighted by atomic mass is 9.86. The van der Waals surface area contributed by atoms with Crippen molar-refractivity contribution in [1.29, 1.82) is 0 Å². The Balaban J connectivity index is 1.77. The number of aromatic carboxylic acids is 1. The maximum Gasteiger partial charge on any atom is 0.336 e. The highest BCUT2D eigenvalue weighted by Crippen LogP contribution is 2.39. The van der Waals surface area contributed by atoms with E-state index in [1.54, 1.807) is 12.1 Å². The second kappa shape index (κ2) is 8.83. The molecule has 0 saturated carbocycles. The smallest absolute Gasteiger partial charge is 0.336 e. The second-order valence-corrected chi connectivity index (χ2v) is 8.33. The van der Waals surface area contributed by atoms with Crippen LogP contribution in [-0.2, 0) is 0 Å². The number of carboxylic acids is 1. The second-order valence-electron chi connectivity index (χ2n) is 8.33. The van der Waals surface area contributed by atoms with Crippen molar-refractivity contribution < 1.29 is 14.7 Å². The molecule has 166 valence electrons. The fourth-order valence-electron chi connectivity index (χ4n) is 4.55. The summed E-state index contributed by atoms with van der Waals surface area (Å²) in [5, 5.41) is 16.7. The van der Waals surface area contributed by atoms with Crippen LogP contribution in [0.2, 0.25) is 0 Å². The lowest BCUT2D eigenvalue weighted by Crippen LogP contribution is -2.27. The fourth-order valence-corrected chi connectivity index (χ4v) is 4.55. The van der Waals surface area contributed by atoms with E-state index in [0.717, 1.165) is 27.1 Å². The van der Waals surface area contributed by atoms with Crippen LogP contribution in [0.5, 0.6) is 0 Å². The number of hydrogen-bond donors (Lipinski definition) is 2. The van der Waals surface area contributed by atoms with Crippen LogP contribution in [0.1, 0.15) is 39.2 Å². The van der Waals surface area contributed by atoms with Crippen LogP contribution < -0.4 is 5.32 Å². The van der Waals surface area contributed by atoms with Gasteiger partial charge in [-0.05, 0) is 46.2 Å². The van der Waals surface area contributed by atoms with Gasteiger partial charge in [-0.2, -0.15) is 0 Å². The minimum Gasteiger partial charge on any atom is -0.478 e. The van der Waals surface area contributed by atoms with Crippen LogP contribution >= 0.6 is 0 Å². The molecule has 2 N–H and O–H groups in total. The predicted octanol–water partition coefficient (Wildman–Crippen LogP) is 6.85. The van der Waals surface area contributed by atoms with E-state index in [-0.39, 0.29) is 17.5 Å². The normalized spacial score (nSPS) is 11.9. The van der Waals surface area contributed by atoms with Crippen LogP contribution in [0.25, 0.3) is 32.7 Å². The summed E-state index contributed by atoms with van der Waals surface area (Å²) in [6.45, 7) is 1.94. The van der Waals surface area contributed by atoms with Gasteiger partial charge < -0.3 is 10.4 Å². The summed E-state index contributed by atoms with van der Waals surface area (Å²) in [6, 6.07) is 32.1. The maximum atomic E-state index is 13.6. The molecule has 0 unspecified atom stereocenters. The third-order valence-corrected chi connectivity index (χ3v) is 6.23. The van der Waals surface area contributed by atoms with Crippen molar-refractivity contribution in [3.05, 3.63) is 120 Å². The Hall–Kier alpha value is -4.44. The molecule has 1 amide bonds. The molecule has 5 aromatic rings. The zero-order valence-corrected chi connectivity index (χ0v) is 18.7. The summed E-state index contributed by atoms with van der Waals surface area (Å²) in [6.07, 6.45) is 0. The van der Waals surface area contributed by atoms with Gasteiger partial charge in [0.05, 0.1) is 11.6 Å². The number of carboxylic acid groups (broad SMARTS) is 1. The molecule has 0 fully saturated rings. The zero-order chi connectivity index (χ0) is 23.7. The molecule has 0 radical (unpaired) electrons. The monoisotopic (exact) mass is 445 g/mol. The fraction of sp³-hybridized carbons (Fsp3) is 0.0667. The Kier molecular flexibility index (Phi) is 5.56. The van der Waals surface area contributed by atoms with Gasteiger partial charge in [0.1, 0.15) is 0 Å². The lowest BCUT2D eigenvalue weighted by molar-refractivity contribution is 0.0697. The largest absolute Gasteiger partial charge is 0.478 e. The molecule has 5 rings (SSSR count). The molecule has 1 atom stereocenters. The zero-order valence-electron chi connectivity index (χ0n) is 18.7. The Morgan fingerprint density at radius 3 is 1.74 bits per heavy atom. The molecule has 0 aromatic heterocycles.